The van der Waals surface area contributed by atoms with E-state index in [0.29, 0.717) is 15.9 Å². The fourth-order valence-electron chi connectivity index (χ4n) is 2.69. The molecule has 140 valence electrons. The van der Waals surface area contributed by atoms with Crippen LogP contribution in [0.15, 0.2) is 22.5 Å². The van der Waals surface area contributed by atoms with E-state index in [1.165, 1.54) is 28.7 Å². The molecule has 2 aromatic rings. The number of sulfone groups is 1. The van der Waals surface area contributed by atoms with Crippen molar-refractivity contribution >= 4 is 49.7 Å². The van der Waals surface area contributed by atoms with Crippen LogP contribution in [0.5, 0.6) is 0 Å². The fourth-order valence-corrected chi connectivity index (χ4v) is 5.94. The third-order valence-corrected chi connectivity index (χ3v) is 7.69. The van der Waals surface area contributed by atoms with E-state index in [1.807, 2.05) is 26.0 Å². The quantitative estimate of drug-likeness (QED) is 0.702. The summed E-state index contributed by atoms with van der Waals surface area (Å²) in [4.78, 5) is 12.0. The normalized spacial score (nSPS) is 18.6. The van der Waals surface area contributed by atoms with Crippen LogP contribution in [0, 0.1) is 13.8 Å². The first kappa shape index (κ1) is 19.1. The highest BCUT2D eigenvalue weighted by Gasteiger charge is 2.28. The monoisotopic (exact) mass is 412 g/mol. The Morgan fingerprint density at radius 3 is 2.85 bits per heavy atom. The summed E-state index contributed by atoms with van der Waals surface area (Å²) >= 11 is 2.67. The van der Waals surface area contributed by atoms with Gasteiger partial charge in [-0.05, 0) is 31.9 Å². The van der Waals surface area contributed by atoms with Crippen molar-refractivity contribution in [2.45, 2.75) is 30.6 Å². The molecule has 0 unspecified atom stereocenters. The lowest BCUT2D eigenvalue weighted by Gasteiger charge is -2.09. The molecule has 0 saturated carbocycles. The number of carbonyl (C=O) groups excluding carboxylic acids is 1. The molecule has 7 nitrogen and oxygen atoms in total. The van der Waals surface area contributed by atoms with Crippen LogP contribution in [-0.2, 0) is 14.6 Å². The number of amides is 1. The van der Waals surface area contributed by atoms with Crippen molar-refractivity contribution in [1.29, 1.82) is 0 Å². The van der Waals surface area contributed by atoms with Crippen molar-refractivity contribution in [2.24, 2.45) is 0 Å². The number of nitrogens with zero attached hydrogens (tertiary/aromatic N) is 2. The molecule has 1 aromatic carbocycles. The lowest BCUT2D eigenvalue weighted by molar-refractivity contribution is -0.119. The zero-order valence-corrected chi connectivity index (χ0v) is 16.9. The Hall–Kier alpha value is -1.65. The average molecular weight is 413 g/mol. The zero-order valence-electron chi connectivity index (χ0n) is 14.5. The highest BCUT2D eigenvalue weighted by atomic mass is 32.2. The molecule has 1 fully saturated rings. The van der Waals surface area contributed by atoms with E-state index < -0.39 is 9.84 Å². The van der Waals surface area contributed by atoms with Gasteiger partial charge in [0.25, 0.3) is 0 Å². The van der Waals surface area contributed by atoms with Crippen molar-refractivity contribution in [3.8, 4) is 0 Å². The van der Waals surface area contributed by atoms with E-state index in [0.717, 1.165) is 11.3 Å². The van der Waals surface area contributed by atoms with Crippen LogP contribution in [-0.4, -0.2) is 47.8 Å². The van der Waals surface area contributed by atoms with Gasteiger partial charge in [-0.15, -0.1) is 10.2 Å². The van der Waals surface area contributed by atoms with E-state index in [2.05, 4.69) is 26.9 Å². The van der Waals surface area contributed by atoms with Gasteiger partial charge in [0.2, 0.25) is 11.0 Å². The van der Waals surface area contributed by atoms with Gasteiger partial charge in [-0.2, -0.15) is 0 Å². The standard InChI is InChI=1S/C16H20N4O3S3/c1-10-3-4-13(11(2)7-10)18-15-19-20-16(25-15)24-8-14(21)17-12-5-6-26(22,23)9-12/h3-4,7,12H,5-6,8-9H2,1-2H3,(H,17,21)(H,18,19)/t12-/m1/s1. The molecule has 1 aliphatic rings. The lowest BCUT2D eigenvalue weighted by Crippen LogP contribution is -2.36. The minimum Gasteiger partial charge on any atom is -0.352 e. The summed E-state index contributed by atoms with van der Waals surface area (Å²) in [5.41, 5.74) is 3.30. The Morgan fingerprint density at radius 2 is 2.15 bits per heavy atom. The van der Waals surface area contributed by atoms with Gasteiger partial charge in [0.1, 0.15) is 0 Å². The maximum absolute atomic E-state index is 12.0. The molecule has 2 N–H and O–H groups in total. The molecular weight excluding hydrogens is 392 g/mol. The summed E-state index contributed by atoms with van der Waals surface area (Å²) in [6, 6.07) is 5.85. The van der Waals surface area contributed by atoms with Crippen LogP contribution in [0.3, 0.4) is 0 Å². The number of hydrogen-bond donors (Lipinski definition) is 2. The predicted molar refractivity (Wildman–Crippen MR) is 105 cm³/mol. The molecule has 0 spiro atoms. The summed E-state index contributed by atoms with van der Waals surface area (Å²) in [6.07, 6.45) is 0.488. The maximum atomic E-state index is 12.0. The Bertz CT molecular complexity index is 911. The number of anilines is 2. The predicted octanol–water partition coefficient (Wildman–Crippen LogP) is 2.29. The van der Waals surface area contributed by atoms with Gasteiger partial charge in [-0.3, -0.25) is 4.79 Å². The Morgan fingerprint density at radius 1 is 1.35 bits per heavy atom. The first-order valence-corrected chi connectivity index (χ1v) is 11.7. The van der Waals surface area contributed by atoms with Gasteiger partial charge >= 0.3 is 0 Å². The van der Waals surface area contributed by atoms with Crippen molar-refractivity contribution in [1.82, 2.24) is 15.5 Å². The molecule has 2 heterocycles. The van der Waals surface area contributed by atoms with Crippen molar-refractivity contribution in [3.05, 3.63) is 29.3 Å². The molecule has 1 amide bonds. The summed E-state index contributed by atoms with van der Waals surface area (Å²) in [6.45, 7) is 4.07. The summed E-state index contributed by atoms with van der Waals surface area (Å²) < 4.78 is 23.5. The van der Waals surface area contributed by atoms with Gasteiger partial charge in [-0.25, -0.2) is 8.42 Å². The summed E-state index contributed by atoms with van der Waals surface area (Å²) in [5.74, 6) is 0.187. The highest BCUT2D eigenvalue weighted by molar-refractivity contribution is 8.01. The fraction of sp³-hybridized carbons (Fsp3) is 0.438. The van der Waals surface area contributed by atoms with E-state index in [4.69, 9.17) is 0 Å². The van der Waals surface area contributed by atoms with Crippen LogP contribution < -0.4 is 10.6 Å². The van der Waals surface area contributed by atoms with E-state index in [9.17, 15) is 13.2 Å². The molecule has 26 heavy (non-hydrogen) atoms. The second-order valence-electron chi connectivity index (χ2n) is 6.27. The molecule has 1 saturated heterocycles. The number of thioether (sulfide) groups is 1. The molecule has 0 aliphatic carbocycles. The van der Waals surface area contributed by atoms with Gasteiger partial charge in [-0.1, -0.05) is 40.8 Å². The number of benzene rings is 1. The number of aromatic nitrogens is 2. The van der Waals surface area contributed by atoms with Crippen LogP contribution in [0.25, 0.3) is 0 Å². The van der Waals surface area contributed by atoms with Gasteiger partial charge in [0, 0.05) is 11.7 Å². The smallest absolute Gasteiger partial charge is 0.230 e. The molecular formula is C16H20N4O3S3. The van der Waals surface area contributed by atoms with E-state index in [-0.39, 0.29) is 29.2 Å². The zero-order chi connectivity index (χ0) is 18.7. The first-order valence-electron chi connectivity index (χ1n) is 8.11. The maximum Gasteiger partial charge on any atom is 0.230 e. The third kappa shape index (κ3) is 5.18. The molecule has 1 aromatic heterocycles. The van der Waals surface area contributed by atoms with E-state index >= 15 is 0 Å². The van der Waals surface area contributed by atoms with Crippen LogP contribution in [0.2, 0.25) is 0 Å². The number of carbonyl (C=O) groups is 1. The van der Waals surface area contributed by atoms with Crippen molar-refractivity contribution in [2.75, 3.05) is 22.6 Å². The Labute approximate surface area is 160 Å². The number of nitrogens with one attached hydrogen (secondary N) is 2. The second-order valence-corrected chi connectivity index (χ2v) is 10.7. The summed E-state index contributed by atoms with van der Waals surface area (Å²) in [5, 5.41) is 14.9. The average Bonchev–Trinajstić information content (AvgIpc) is 3.14. The molecule has 3 rings (SSSR count). The second kappa shape index (κ2) is 7.93. The van der Waals surface area contributed by atoms with Gasteiger partial charge in [0.15, 0.2) is 14.2 Å². The largest absolute Gasteiger partial charge is 0.352 e. The topological polar surface area (TPSA) is 101 Å². The van der Waals surface area contributed by atoms with Crippen LogP contribution in [0.1, 0.15) is 17.5 Å². The first-order chi connectivity index (χ1) is 12.3. The number of hydrogen-bond acceptors (Lipinski definition) is 8. The minimum absolute atomic E-state index is 0.0339. The van der Waals surface area contributed by atoms with E-state index in [1.54, 1.807) is 0 Å². The Balaban J connectivity index is 1.50. The molecule has 0 bridgehead atoms. The molecule has 0 radical (unpaired) electrons. The molecule has 10 heteroatoms. The van der Waals surface area contributed by atoms with Crippen LogP contribution in [0.4, 0.5) is 10.8 Å². The lowest BCUT2D eigenvalue weighted by atomic mass is 10.1. The number of aryl methyl sites for hydroxylation is 2. The highest BCUT2D eigenvalue weighted by Crippen LogP contribution is 2.29. The molecule has 1 aliphatic heterocycles. The van der Waals surface area contributed by atoms with Crippen LogP contribution >= 0.6 is 23.1 Å². The molecule has 1 atom stereocenters. The number of rotatable bonds is 6. The van der Waals surface area contributed by atoms with Gasteiger partial charge < -0.3 is 10.6 Å². The minimum atomic E-state index is -2.99. The van der Waals surface area contributed by atoms with Crippen molar-refractivity contribution < 1.29 is 13.2 Å². The van der Waals surface area contributed by atoms with Crippen molar-refractivity contribution in [3.63, 3.8) is 0 Å². The SMILES string of the molecule is Cc1ccc(Nc2nnc(SCC(=O)N[C@@H]3CCS(=O)(=O)C3)s2)c(C)c1. The third-order valence-electron chi connectivity index (χ3n) is 3.95. The summed E-state index contributed by atoms with van der Waals surface area (Å²) in [7, 11) is -2.99. The Kier molecular flexibility index (Phi) is 5.83. The van der Waals surface area contributed by atoms with Gasteiger partial charge in [0.05, 0.1) is 17.3 Å².